The maximum atomic E-state index is 11.8. The lowest BCUT2D eigenvalue weighted by atomic mass is 10.2. The number of carboxylic acids is 1. The van der Waals surface area contributed by atoms with Gasteiger partial charge in [0, 0.05) is 0 Å². The Morgan fingerprint density at radius 1 is 1.39 bits per heavy atom. The minimum atomic E-state index is -4.43. The fourth-order valence-electron chi connectivity index (χ4n) is 1.11. The summed E-state index contributed by atoms with van der Waals surface area (Å²) < 4.78 is 39.9. The second-order valence-corrected chi connectivity index (χ2v) is 3.64. The van der Waals surface area contributed by atoms with Gasteiger partial charge in [-0.3, -0.25) is 4.79 Å². The summed E-state index contributed by atoms with van der Waals surface area (Å²) in [7, 11) is 0. The van der Waals surface area contributed by atoms with E-state index in [0.29, 0.717) is 0 Å². The molecule has 0 aromatic carbocycles. The summed E-state index contributed by atoms with van der Waals surface area (Å²) >= 11 is 5.51. The van der Waals surface area contributed by atoms with Crippen LogP contribution in [0.2, 0.25) is 5.28 Å². The number of aromatic nitrogens is 2. The summed E-state index contributed by atoms with van der Waals surface area (Å²) in [4.78, 5) is 17.7. The van der Waals surface area contributed by atoms with E-state index in [1.165, 1.54) is 6.07 Å². The van der Waals surface area contributed by atoms with E-state index in [4.69, 9.17) is 16.7 Å². The van der Waals surface area contributed by atoms with E-state index >= 15 is 0 Å². The molecule has 5 nitrogen and oxygen atoms in total. The fourth-order valence-corrected chi connectivity index (χ4v) is 1.33. The first-order valence-electron chi connectivity index (χ1n) is 4.65. The van der Waals surface area contributed by atoms with Crippen molar-refractivity contribution in [3.63, 3.8) is 0 Å². The standard InChI is InChI=1S/C9H8ClF3N2O3/c10-8-14-5(2-7(16)17)1-6(15-8)3-18-4-9(11,12)13/h1H,2-4H2,(H,16,17). The normalized spacial score (nSPS) is 11.6. The van der Waals surface area contributed by atoms with Gasteiger partial charge in [-0.1, -0.05) is 0 Å². The molecule has 0 spiro atoms. The van der Waals surface area contributed by atoms with Gasteiger partial charge in [0.05, 0.1) is 24.4 Å². The second kappa shape index (κ2) is 5.96. The third kappa shape index (κ3) is 5.78. The third-order valence-corrected chi connectivity index (χ3v) is 1.82. The maximum absolute atomic E-state index is 11.8. The molecule has 0 saturated heterocycles. The number of hydrogen-bond donors (Lipinski definition) is 1. The van der Waals surface area contributed by atoms with Crippen LogP contribution in [-0.2, 0) is 22.6 Å². The van der Waals surface area contributed by atoms with E-state index in [1.54, 1.807) is 0 Å². The summed E-state index contributed by atoms with van der Waals surface area (Å²) in [5.74, 6) is -1.13. The predicted molar refractivity (Wildman–Crippen MR) is 54.1 cm³/mol. The van der Waals surface area contributed by atoms with Gasteiger partial charge in [-0.05, 0) is 17.7 Å². The Bertz CT molecular complexity index is 440. The lowest BCUT2D eigenvalue weighted by Crippen LogP contribution is -2.17. The smallest absolute Gasteiger partial charge is 0.411 e. The van der Waals surface area contributed by atoms with Crippen LogP contribution in [0.3, 0.4) is 0 Å². The van der Waals surface area contributed by atoms with Crippen molar-refractivity contribution < 1.29 is 27.8 Å². The van der Waals surface area contributed by atoms with Gasteiger partial charge in [0.2, 0.25) is 5.28 Å². The number of nitrogens with zero attached hydrogens (tertiary/aromatic N) is 2. The molecule has 0 fully saturated rings. The van der Waals surface area contributed by atoms with E-state index in [9.17, 15) is 18.0 Å². The predicted octanol–water partition coefficient (Wildman–Crippen LogP) is 1.84. The van der Waals surface area contributed by atoms with Gasteiger partial charge in [-0.25, -0.2) is 9.97 Å². The minimum Gasteiger partial charge on any atom is -0.481 e. The van der Waals surface area contributed by atoms with Crippen molar-refractivity contribution >= 4 is 17.6 Å². The Kier molecular flexibility index (Phi) is 4.85. The van der Waals surface area contributed by atoms with Crippen LogP contribution in [0.5, 0.6) is 0 Å². The quantitative estimate of drug-likeness (QED) is 0.835. The van der Waals surface area contributed by atoms with Crippen molar-refractivity contribution in [2.75, 3.05) is 6.61 Å². The topological polar surface area (TPSA) is 72.3 Å². The highest BCUT2D eigenvalue weighted by molar-refractivity contribution is 6.28. The van der Waals surface area contributed by atoms with Crippen LogP contribution in [0.25, 0.3) is 0 Å². The summed E-state index contributed by atoms with van der Waals surface area (Å²) in [6.07, 6.45) is -4.82. The zero-order chi connectivity index (χ0) is 13.8. The third-order valence-electron chi connectivity index (χ3n) is 1.65. The minimum absolute atomic E-state index is 0.0931. The molecule has 18 heavy (non-hydrogen) atoms. The molecule has 1 heterocycles. The molecule has 0 aliphatic heterocycles. The Morgan fingerprint density at radius 2 is 2.00 bits per heavy atom. The molecule has 0 amide bonds. The monoisotopic (exact) mass is 284 g/mol. The number of carbonyl (C=O) groups is 1. The van der Waals surface area contributed by atoms with Gasteiger partial charge >= 0.3 is 12.1 Å². The van der Waals surface area contributed by atoms with E-state index in [1.807, 2.05) is 0 Å². The molecular weight excluding hydrogens is 277 g/mol. The zero-order valence-corrected chi connectivity index (χ0v) is 9.62. The summed E-state index contributed by atoms with van der Waals surface area (Å²) in [6.45, 7) is -1.84. The molecule has 0 saturated carbocycles. The first-order valence-corrected chi connectivity index (χ1v) is 5.02. The molecule has 0 unspecified atom stereocenters. The first kappa shape index (κ1) is 14.7. The van der Waals surface area contributed by atoms with Crippen LogP contribution < -0.4 is 0 Å². The highest BCUT2D eigenvalue weighted by Gasteiger charge is 2.27. The maximum Gasteiger partial charge on any atom is 0.411 e. The van der Waals surface area contributed by atoms with E-state index in [0.717, 1.165) is 0 Å². The summed E-state index contributed by atoms with van der Waals surface area (Å²) in [6, 6.07) is 1.23. The lowest BCUT2D eigenvalue weighted by molar-refractivity contribution is -0.176. The molecule has 9 heteroatoms. The summed E-state index contributed by atoms with van der Waals surface area (Å²) in [5, 5.41) is 8.31. The van der Waals surface area contributed by atoms with Crippen LogP contribution in [0, 0.1) is 0 Å². The van der Waals surface area contributed by atoms with Crippen LogP contribution in [-0.4, -0.2) is 33.8 Å². The molecule has 1 aromatic rings. The van der Waals surface area contributed by atoms with E-state index in [2.05, 4.69) is 14.7 Å². The molecule has 1 rings (SSSR count). The number of rotatable bonds is 5. The fraction of sp³-hybridized carbons (Fsp3) is 0.444. The Morgan fingerprint density at radius 3 is 2.56 bits per heavy atom. The number of halogens is 4. The largest absolute Gasteiger partial charge is 0.481 e. The van der Waals surface area contributed by atoms with Gasteiger partial charge in [0.25, 0.3) is 0 Å². The molecule has 100 valence electrons. The number of alkyl halides is 3. The highest BCUT2D eigenvalue weighted by Crippen LogP contribution is 2.16. The van der Waals surface area contributed by atoms with E-state index in [-0.39, 0.29) is 16.7 Å². The number of hydrogen-bond acceptors (Lipinski definition) is 4. The molecular formula is C9H8ClF3N2O3. The second-order valence-electron chi connectivity index (χ2n) is 3.30. The molecule has 0 aliphatic carbocycles. The lowest BCUT2D eigenvalue weighted by Gasteiger charge is -2.07. The van der Waals surface area contributed by atoms with Crippen molar-refractivity contribution in [3.05, 3.63) is 22.7 Å². The van der Waals surface area contributed by atoms with Crippen molar-refractivity contribution in [1.29, 1.82) is 0 Å². The van der Waals surface area contributed by atoms with Gasteiger partial charge in [-0.15, -0.1) is 0 Å². The number of carboxylic acid groups (broad SMARTS) is 1. The first-order chi connectivity index (χ1) is 8.26. The highest BCUT2D eigenvalue weighted by atomic mass is 35.5. The average molecular weight is 285 g/mol. The molecule has 0 bridgehead atoms. The van der Waals surface area contributed by atoms with Gasteiger partial charge in [-0.2, -0.15) is 13.2 Å². The summed E-state index contributed by atoms with van der Waals surface area (Å²) in [5.41, 5.74) is 0.198. The average Bonchev–Trinajstić information content (AvgIpc) is 2.12. The number of aliphatic carboxylic acids is 1. The molecule has 1 aromatic heterocycles. The van der Waals surface area contributed by atoms with Crippen LogP contribution in [0.1, 0.15) is 11.4 Å². The van der Waals surface area contributed by atoms with Crippen molar-refractivity contribution in [1.82, 2.24) is 9.97 Å². The van der Waals surface area contributed by atoms with Gasteiger partial charge in [0.15, 0.2) is 0 Å². The van der Waals surface area contributed by atoms with Crippen LogP contribution >= 0.6 is 11.6 Å². The van der Waals surface area contributed by atoms with Crippen LogP contribution in [0.15, 0.2) is 6.07 Å². The zero-order valence-electron chi connectivity index (χ0n) is 8.87. The van der Waals surface area contributed by atoms with Crippen LogP contribution in [0.4, 0.5) is 13.2 Å². The van der Waals surface area contributed by atoms with Crippen molar-refractivity contribution in [3.8, 4) is 0 Å². The van der Waals surface area contributed by atoms with Crippen molar-refractivity contribution in [2.24, 2.45) is 0 Å². The van der Waals surface area contributed by atoms with Gasteiger partial charge < -0.3 is 9.84 Å². The Hall–Kier alpha value is -1.41. The Balaban J connectivity index is 2.65. The van der Waals surface area contributed by atoms with Crippen molar-refractivity contribution in [2.45, 2.75) is 19.2 Å². The molecule has 1 N–H and O–H groups in total. The Labute approximate surface area is 105 Å². The number of ether oxygens (including phenoxy) is 1. The molecule has 0 aliphatic rings. The SMILES string of the molecule is O=C(O)Cc1cc(COCC(F)(F)F)nc(Cl)n1. The van der Waals surface area contributed by atoms with E-state index < -0.39 is 31.8 Å². The molecule has 0 atom stereocenters. The van der Waals surface area contributed by atoms with Gasteiger partial charge in [0.1, 0.15) is 6.61 Å². The molecule has 0 radical (unpaired) electrons.